The van der Waals surface area contributed by atoms with Gasteiger partial charge in [-0.2, -0.15) is 0 Å². The number of benzene rings is 1. The highest BCUT2D eigenvalue weighted by atomic mass is 16.5. The molecule has 0 aromatic heterocycles. The second-order valence-electron chi connectivity index (χ2n) is 5.40. The van der Waals surface area contributed by atoms with E-state index in [2.05, 4.69) is 24.5 Å². The van der Waals surface area contributed by atoms with E-state index in [4.69, 9.17) is 4.74 Å². The van der Waals surface area contributed by atoms with E-state index in [-0.39, 0.29) is 18.5 Å². The Morgan fingerprint density at radius 1 is 1.43 bits per heavy atom. The molecule has 1 aliphatic rings. The molecule has 1 aliphatic heterocycles. The van der Waals surface area contributed by atoms with Crippen LogP contribution in [0.2, 0.25) is 0 Å². The minimum atomic E-state index is -0.287. The van der Waals surface area contributed by atoms with Gasteiger partial charge < -0.3 is 20.3 Å². The Morgan fingerprint density at radius 2 is 2.19 bits per heavy atom. The molecule has 6 heteroatoms. The van der Waals surface area contributed by atoms with Crippen molar-refractivity contribution in [2.45, 2.75) is 13.8 Å². The third kappa shape index (κ3) is 4.37. The zero-order chi connectivity index (χ0) is 15.2. The predicted octanol–water partition coefficient (Wildman–Crippen LogP) is 1.69. The number of hydrogen-bond acceptors (Lipinski definition) is 3. The van der Waals surface area contributed by atoms with Crippen molar-refractivity contribution in [2.75, 3.05) is 31.6 Å². The van der Waals surface area contributed by atoms with Gasteiger partial charge in [-0.05, 0) is 18.1 Å². The van der Waals surface area contributed by atoms with Crippen LogP contribution in [-0.4, -0.2) is 43.1 Å². The van der Waals surface area contributed by atoms with E-state index in [1.807, 2.05) is 18.2 Å². The Morgan fingerprint density at radius 3 is 2.90 bits per heavy atom. The molecule has 6 nitrogen and oxygen atoms in total. The molecular weight excluding hydrogens is 270 g/mol. The molecule has 0 atom stereocenters. The summed E-state index contributed by atoms with van der Waals surface area (Å²) in [5.74, 6) is 0.904. The van der Waals surface area contributed by atoms with Crippen LogP contribution in [0.15, 0.2) is 24.3 Å². The van der Waals surface area contributed by atoms with Crippen LogP contribution in [0.5, 0.6) is 5.75 Å². The number of nitrogens with zero attached hydrogens (tertiary/aromatic N) is 1. The van der Waals surface area contributed by atoms with Crippen LogP contribution in [0.4, 0.5) is 10.5 Å². The van der Waals surface area contributed by atoms with Gasteiger partial charge in [-0.15, -0.1) is 0 Å². The zero-order valence-corrected chi connectivity index (χ0v) is 12.4. The van der Waals surface area contributed by atoms with Crippen LogP contribution in [0, 0.1) is 5.92 Å². The first kappa shape index (κ1) is 15.2. The van der Waals surface area contributed by atoms with Crippen LogP contribution in [-0.2, 0) is 4.79 Å². The quantitative estimate of drug-likeness (QED) is 0.886. The van der Waals surface area contributed by atoms with Gasteiger partial charge in [0.2, 0.25) is 5.91 Å². The van der Waals surface area contributed by atoms with E-state index in [9.17, 15) is 9.59 Å². The van der Waals surface area contributed by atoms with Crippen LogP contribution in [0.1, 0.15) is 13.8 Å². The molecule has 0 spiro atoms. The van der Waals surface area contributed by atoms with Gasteiger partial charge in [0, 0.05) is 13.1 Å². The number of para-hydroxylation sites is 2. The lowest BCUT2D eigenvalue weighted by Gasteiger charge is -2.27. The third-order valence-corrected chi connectivity index (χ3v) is 3.03. The minimum Gasteiger partial charge on any atom is -0.491 e. The number of carbonyl (C=O) groups excluding carboxylic acids is 2. The van der Waals surface area contributed by atoms with Crippen molar-refractivity contribution in [3.8, 4) is 5.75 Å². The van der Waals surface area contributed by atoms with Crippen molar-refractivity contribution in [2.24, 2.45) is 5.92 Å². The Balaban J connectivity index is 2.01. The largest absolute Gasteiger partial charge is 0.491 e. The summed E-state index contributed by atoms with van der Waals surface area (Å²) < 4.78 is 5.70. The molecule has 1 aromatic rings. The molecule has 1 fully saturated rings. The number of carbonyl (C=O) groups is 2. The number of anilines is 1. The number of piperazine rings is 1. The van der Waals surface area contributed by atoms with Crippen molar-refractivity contribution in [1.82, 2.24) is 10.2 Å². The molecule has 0 saturated carbocycles. The van der Waals surface area contributed by atoms with Crippen LogP contribution in [0.3, 0.4) is 0 Å². The van der Waals surface area contributed by atoms with E-state index < -0.39 is 0 Å². The van der Waals surface area contributed by atoms with Crippen LogP contribution < -0.4 is 15.4 Å². The van der Waals surface area contributed by atoms with Crippen molar-refractivity contribution < 1.29 is 14.3 Å². The highest BCUT2D eigenvalue weighted by Gasteiger charge is 2.21. The summed E-state index contributed by atoms with van der Waals surface area (Å²) >= 11 is 0. The van der Waals surface area contributed by atoms with Gasteiger partial charge in [-0.3, -0.25) is 4.79 Å². The van der Waals surface area contributed by atoms with E-state index in [1.54, 1.807) is 6.07 Å². The third-order valence-electron chi connectivity index (χ3n) is 3.03. The first-order chi connectivity index (χ1) is 10.1. The topological polar surface area (TPSA) is 70.7 Å². The lowest BCUT2D eigenvalue weighted by molar-refractivity contribution is -0.123. The maximum atomic E-state index is 12.2. The lowest BCUT2D eigenvalue weighted by Crippen LogP contribution is -2.51. The second-order valence-corrected chi connectivity index (χ2v) is 5.40. The summed E-state index contributed by atoms with van der Waals surface area (Å²) in [5, 5.41) is 5.50. The normalized spacial score (nSPS) is 14.8. The maximum absolute atomic E-state index is 12.2. The molecule has 3 amide bonds. The Hall–Kier alpha value is -2.24. The molecule has 1 saturated heterocycles. The summed E-state index contributed by atoms with van der Waals surface area (Å²) in [5.41, 5.74) is 0.620. The Labute approximate surface area is 124 Å². The van der Waals surface area contributed by atoms with Crippen LogP contribution in [0.25, 0.3) is 0 Å². The van der Waals surface area contributed by atoms with Gasteiger partial charge >= 0.3 is 6.03 Å². The van der Waals surface area contributed by atoms with E-state index in [1.165, 1.54) is 4.90 Å². The van der Waals surface area contributed by atoms with Crippen molar-refractivity contribution >= 4 is 17.6 Å². The summed E-state index contributed by atoms with van der Waals surface area (Å²) in [7, 11) is 0. The average molecular weight is 291 g/mol. The van der Waals surface area contributed by atoms with E-state index >= 15 is 0 Å². The molecule has 1 heterocycles. The van der Waals surface area contributed by atoms with E-state index in [0.29, 0.717) is 37.1 Å². The SMILES string of the molecule is CC(C)COc1ccccc1NC(=O)N1CCNC(=O)C1. The number of hydrogen-bond donors (Lipinski definition) is 2. The van der Waals surface area contributed by atoms with Gasteiger partial charge in [0.15, 0.2) is 0 Å². The molecule has 0 radical (unpaired) electrons. The zero-order valence-electron chi connectivity index (χ0n) is 12.4. The fourth-order valence-corrected chi connectivity index (χ4v) is 1.96. The monoisotopic (exact) mass is 291 g/mol. The molecule has 0 bridgehead atoms. The van der Waals surface area contributed by atoms with Gasteiger partial charge in [-0.1, -0.05) is 26.0 Å². The van der Waals surface area contributed by atoms with Gasteiger partial charge in [0.25, 0.3) is 0 Å². The van der Waals surface area contributed by atoms with Crippen molar-refractivity contribution in [1.29, 1.82) is 0 Å². The van der Waals surface area contributed by atoms with Gasteiger partial charge in [0.1, 0.15) is 12.3 Å². The fraction of sp³-hybridized carbons (Fsp3) is 0.467. The molecular formula is C15H21N3O3. The van der Waals surface area contributed by atoms with Crippen molar-refractivity contribution in [3.05, 3.63) is 24.3 Å². The molecule has 114 valence electrons. The molecule has 21 heavy (non-hydrogen) atoms. The van der Waals surface area contributed by atoms with Gasteiger partial charge in [0.05, 0.1) is 12.3 Å². The number of rotatable bonds is 4. The Kier molecular flexibility index (Phi) is 5.03. The van der Waals surface area contributed by atoms with Gasteiger partial charge in [-0.25, -0.2) is 4.79 Å². The minimum absolute atomic E-state index is 0.0842. The molecule has 1 aromatic carbocycles. The predicted molar refractivity (Wildman–Crippen MR) is 80.4 cm³/mol. The summed E-state index contributed by atoms with van der Waals surface area (Å²) in [6, 6.07) is 7.02. The fourth-order valence-electron chi connectivity index (χ4n) is 1.96. The first-order valence-corrected chi connectivity index (χ1v) is 7.10. The Bertz CT molecular complexity index is 517. The van der Waals surface area contributed by atoms with Crippen molar-refractivity contribution in [3.63, 3.8) is 0 Å². The highest BCUT2D eigenvalue weighted by Crippen LogP contribution is 2.24. The second kappa shape index (κ2) is 6.97. The summed E-state index contributed by atoms with van der Waals surface area (Å²) in [4.78, 5) is 25.0. The maximum Gasteiger partial charge on any atom is 0.322 e. The number of nitrogens with one attached hydrogen (secondary N) is 2. The molecule has 0 unspecified atom stereocenters. The first-order valence-electron chi connectivity index (χ1n) is 7.10. The van der Waals surface area contributed by atoms with E-state index in [0.717, 1.165) is 0 Å². The molecule has 2 N–H and O–H groups in total. The number of urea groups is 1. The number of ether oxygens (including phenoxy) is 1. The summed E-state index contributed by atoms with van der Waals surface area (Å²) in [6.07, 6.45) is 0. The number of amides is 3. The highest BCUT2D eigenvalue weighted by molar-refractivity contribution is 5.94. The standard InChI is InChI=1S/C15H21N3O3/c1-11(2)10-21-13-6-4-3-5-12(13)17-15(20)18-8-7-16-14(19)9-18/h3-6,11H,7-10H2,1-2H3,(H,16,19)(H,17,20). The lowest BCUT2D eigenvalue weighted by atomic mass is 10.2. The smallest absolute Gasteiger partial charge is 0.322 e. The molecule has 2 rings (SSSR count). The average Bonchev–Trinajstić information content (AvgIpc) is 2.46. The van der Waals surface area contributed by atoms with Crippen LogP contribution >= 0.6 is 0 Å². The molecule has 0 aliphatic carbocycles. The summed E-state index contributed by atoms with van der Waals surface area (Å²) in [6.45, 7) is 5.78.